The van der Waals surface area contributed by atoms with Gasteiger partial charge in [-0.05, 0) is 29.8 Å². The van der Waals surface area contributed by atoms with Gasteiger partial charge in [0.1, 0.15) is 11.5 Å². The smallest absolute Gasteiger partial charge is 0.227 e. The molecule has 2 N–H and O–H groups in total. The minimum absolute atomic E-state index is 0.0283. The molecule has 2 aromatic heterocycles. The van der Waals surface area contributed by atoms with E-state index in [0.29, 0.717) is 24.4 Å². The minimum atomic E-state index is -0.0283. The summed E-state index contributed by atoms with van der Waals surface area (Å²) in [5, 5.41) is 11.1. The fourth-order valence-corrected chi connectivity index (χ4v) is 3.23. The lowest BCUT2D eigenvalue weighted by Crippen LogP contribution is -2.31. The van der Waals surface area contributed by atoms with E-state index < -0.39 is 0 Å². The van der Waals surface area contributed by atoms with Crippen molar-refractivity contribution in [3.05, 3.63) is 90.0 Å². The minimum Gasteiger partial charge on any atom is -0.508 e. The molecule has 4 rings (SSSR count). The summed E-state index contributed by atoms with van der Waals surface area (Å²) < 4.78 is 5.42. The molecule has 5 nitrogen and oxygen atoms in total. The molecule has 0 aliphatic rings. The Labute approximate surface area is 156 Å². The van der Waals surface area contributed by atoms with Crippen molar-refractivity contribution < 1.29 is 14.3 Å². The van der Waals surface area contributed by atoms with E-state index >= 15 is 0 Å². The lowest BCUT2D eigenvalue weighted by Gasteiger charge is -2.22. The van der Waals surface area contributed by atoms with Crippen molar-refractivity contribution in [2.75, 3.05) is 0 Å². The zero-order valence-corrected chi connectivity index (χ0v) is 14.8. The molecule has 4 aromatic rings. The molecule has 0 aliphatic carbocycles. The average Bonchev–Trinajstić information content (AvgIpc) is 3.33. The van der Waals surface area contributed by atoms with Crippen LogP contribution in [-0.4, -0.2) is 20.9 Å². The Bertz CT molecular complexity index is 1050. The molecule has 1 amide bonds. The number of furan rings is 1. The van der Waals surface area contributed by atoms with Crippen molar-refractivity contribution in [3.63, 3.8) is 0 Å². The summed E-state index contributed by atoms with van der Waals surface area (Å²) in [5.74, 6) is 0.860. The number of benzene rings is 2. The Hall–Kier alpha value is -3.47. The summed E-state index contributed by atoms with van der Waals surface area (Å²) in [7, 11) is 0. The average molecular weight is 360 g/mol. The van der Waals surface area contributed by atoms with Crippen molar-refractivity contribution >= 4 is 16.8 Å². The third kappa shape index (κ3) is 3.72. The van der Waals surface area contributed by atoms with Gasteiger partial charge in [-0.2, -0.15) is 0 Å². The van der Waals surface area contributed by atoms with E-state index in [4.69, 9.17) is 4.42 Å². The summed E-state index contributed by atoms with van der Waals surface area (Å²) >= 11 is 0. The second-order valence-electron chi connectivity index (χ2n) is 6.49. The zero-order chi connectivity index (χ0) is 18.6. The summed E-state index contributed by atoms with van der Waals surface area (Å²) in [6.45, 7) is 0.664. The molecule has 27 heavy (non-hydrogen) atoms. The molecule has 0 radical (unpaired) electrons. The maximum atomic E-state index is 13.1. The van der Waals surface area contributed by atoms with Gasteiger partial charge in [-0.25, -0.2) is 0 Å². The van der Waals surface area contributed by atoms with Gasteiger partial charge in [-0.1, -0.05) is 36.4 Å². The van der Waals surface area contributed by atoms with Crippen molar-refractivity contribution in [1.82, 2.24) is 9.88 Å². The molecule has 0 aliphatic heterocycles. The zero-order valence-electron chi connectivity index (χ0n) is 14.8. The number of nitrogens with one attached hydrogen (secondary N) is 1. The highest BCUT2D eigenvalue weighted by atomic mass is 16.3. The first-order valence-corrected chi connectivity index (χ1v) is 8.83. The van der Waals surface area contributed by atoms with Crippen molar-refractivity contribution in [1.29, 1.82) is 0 Å². The largest absolute Gasteiger partial charge is 0.508 e. The molecule has 2 heterocycles. The number of carbonyl (C=O) groups is 1. The van der Waals surface area contributed by atoms with Crippen molar-refractivity contribution in [2.45, 2.75) is 19.5 Å². The maximum Gasteiger partial charge on any atom is 0.227 e. The van der Waals surface area contributed by atoms with E-state index in [-0.39, 0.29) is 18.1 Å². The molecule has 136 valence electrons. The first-order chi connectivity index (χ1) is 13.2. The van der Waals surface area contributed by atoms with Crippen LogP contribution in [-0.2, 0) is 24.3 Å². The number of phenolic OH excluding ortho intramolecular Hbond substituents is 1. The van der Waals surface area contributed by atoms with Gasteiger partial charge in [-0.15, -0.1) is 0 Å². The SMILES string of the molecule is O=C(Cc1c[nH]c2ccccc12)N(Cc1ccco1)Cc1ccccc1O. The van der Waals surface area contributed by atoms with Crippen LogP contribution in [0.2, 0.25) is 0 Å². The monoisotopic (exact) mass is 360 g/mol. The second-order valence-corrected chi connectivity index (χ2v) is 6.49. The number of nitrogens with zero attached hydrogens (tertiary/aromatic N) is 1. The third-order valence-corrected chi connectivity index (χ3v) is 4.65. The van der Waals surface area contributed by atoms with Gasteiger partial charge >= 0.3 is 0 Å². The van der Waals surface area contributed by atoms with Crippen LogP contribution in [0.3, 0.4) is 0 Å². The number of carbonyl (C=O) groups excluding carboxylic acids is 1. The predicted molar refractivity (Wildman–Crippen MR) is 103 cm³/mol. The van der Waals surface area contributed by atoms with Crippen molar-refractivity contribution in [2.24, 2.45) is 0 Å². The molecular formula is C22H20N2O3. The highest BCUT2D eigenvalue weighted by Crippen LogP contribution is 2.22. The Morgan fingerprint density at radius 1 is 0.963 bits per heavy atom. The first-order valence-electron chi connectivity index (χ1n) is 8.83. The van der Waals surface area contributed by atoms with E-state index in [1.54, 1.807) is 29.4 Å². The van der Waals surface area contributed by atoms with Gasteiger partial charge in [0, 0.05) is 29.2 Å². The molecule has 2 aromatic carbocycles. The number of aromatic nitrogens is 1. The number of H-pyrrole nitrogens is 1. The Kier molecular flexibility index (Phi) is 4.66. The van der Waals surface area contributed by atoms with E-state index in [2.05, 4.69) is 4.98 Å². The van der Waals surface area contributed by atoms with Crippen LogP contribution >= 0.6 is 0 Å². The summed E-state index contributed by atoms with van der Waals surface area (Å²) in [5.41, 5.74) is 2.67. The van der Waals surface area contributed by atoms with E-state index in [1.807, 2.05) is 48.7 Å². The summed E-state index contributed by atoms with van der Waals surface area (Å²) in [4.78, 5) is 18.0. The summed E-state index contributed by atoms with van der Waals surface area (Å²) in [6.07, 6.45) is 3.75. The fraction of sp³-hybridized carbons (Fsp3) is 0.136. The Morgan fingerprint density at radius 2 is 1.78 bits per heavy atom. The fourth-order valence-electron chi connectivity index (χ4n) is 3.23. The first kappa shape index (κ1) is 17.0. The van der Waals surface area contributed by atoms with Crippen LogP contribution in [0.4, 0.5) is 0 Å². The van der Waals surface area contributed by atoms with Gasteiger partial charge in [0.05, 0.1) is 19.2 Å². The topological polar surface area (TPSA) is 69.5 Å². The second kappa shape index (κ2) is 7.41. The molecule has 0 unspecified atom stereocenters. The van der Waals surface area contributed by atoms with Crippen LogP contribution < -0.4 is 0 Å². The maximum absolute atomic E-state index is 13.1. The summed E-state index contributed by atoms with van der Waals surface area (Å²) in [6, 6.07) is 18.6. The van der Waals surface area contributed by atoms with Crippen LogP contribution in [0.5, 0.6) is 5.75 Å². The number of amides is 1. The standard InChI is InChI=1S/C22H20N2O3/c25-21-10-4-1-6-16(21)14-24(15-18-7-5-11-27-18)22(26)12-17-13-23-20-9-3-2-8-19(17)20/h1-11,13,23,25H,12,14-15H2. The van der Waals surface area contributed by atoms with E-state index in [1.165, 1.54) is 0 Å². The van der Waals surface area contributed by atoms with Gasteiger partial charge in [0.25, 0.3) is 0 Å². The number of aromatic hydroxyl groups is 1. The van der Waals surface area contributed by atoms with Crippen LogP contribution in [0.25, 0.3) is 10.9 Å². The molecular weight excluding hydrogens is 340 g/mol. The van der Waals surface area contributed by atoms with Gasteiger partial charge in [0.15, 0.2) is 0 Å². The number of hydrogen-bond donors (Lipinski definition) is 2. The molecule has 0 saturated heterocycles. The number of para-hydroxylation sites is 2. The highest BCUT2D eigenvalue weighted by Gasteiger charge is 2.19. The normalized spacial score (nSPS) is 11.0. The Balaban J connectivity index is 1.59. The van der Waals surface area contributed by atoms with Gasteiger partial charge in [0.2, 0.25) is 5.91 Å². The molecule has 0 fully saturated rings. The highest BCUT2D eigenvalue weighted by molar-refractivity contribution is 5.88. The van der Waals surface area contributed by atoms with Crippen molar-refractivity contribution in [3.8, 4) is 5.75 Å². The molecule has 0 atom stereocenters. The van der Waals surface area contributed by atoms with E-state index in [9.17, 15) is 9.90 Å². The van der Waals surface area contributed by atoms with Gasteiger partial charge in [-0.3, -0.25) is 4.79 Å². The van der Waals surface area contributed by atoms with Crippen LogP contribution in [0, 0.1) is 0 Å². The third-order valence-electron chi connectivity index (χ3n) is 4.65. The molecule has 0 saturated carbocycles. The van der Waals surface area contributed by atoms with Crippen LogP contribution in [0.1, 0.15) is 16.9 Å². The number of aromatic amines is 1. The van der Waals surface area contributed by atoms with Gasteiger partial charge < -0.3 is 19.4 Å². The Morgan fingerprint density at radius 3 is 2.59 bits per heavy atom. The lowest BCUT2D eigenvalue weighted by atomic mass is 10.1. The lowest BCUT2D eigenvalue weighted by molar-refractivity contribution is -0.132. The number of rotatable bonds is 6. The molecule has 0 spiro atoms. The number of phenols is 1. The number of fused-ring (bicyclic) bond motifs is 1. The van der Waals surface area contributed by atoms with Crippen LogP contribution in [0.15, 0.2) is 77.5 Å². The number of hydrogen-bond acceptors (Lipinski definition) is 3. The van der Waals surface area contributed by atoms with E-state index in [0.717, 1.165) is 16.5 Å². The molecule has 0 bridgehead atoms. The predicted octanol–water partition coefficient (Wildman–Crippen LogP) is 4.24. The molecule has 5 heteroatoms. The quantitative estimate of drug-likeness (QED) is 0.540.